The molecule has 0 bridgehead atoms. The van der Waals surface area contributed by atoms with E-state index in [2.05, 4.69) is 15.3 Å². The van der Waals surface area contributed by atoms with E-state index in [-0.39, 0.29) is 6.10 Å². The van der Waals surface area contributed by atoms with Gasteiger partial charge in [-0.15, -0.1) is 0 Å². The van der Waals surface area contributed by atoms with Crippen LogP contribution >= 0.6 is 11.5 Å². The van der Waals surface area contributed by atoms with Gasteiger partial charge in [-0.25, -0.2) is 0 Å². The SMILES string of the molecule is COc1cccc(CN(C)c2snc(N)c2OC(C)C)c1. The van der Waals surface area contributed by atoms with Crippen molar-refractivity contribution in [3.63, 3.8) is 0 Å². The molecule has 1 aromatic heterocycles. The molecule has 0 saturated carbocycles. The number of nitrogens with zero attached hydrogens (tertiary/aromatic N) is 2. The number of rotatable bonds is 6. The average molecular weight is 307 g/mol. The van der Waals surface area contributed by atoms with Gasteiger partial charge in [0.1, 0.15) is 5.75 Å². The van der Waals surface area contributed by atoms with Crippen molar-refractivity contribution in [1.29, 1.82) is 0 Å². The van der Waals surface area contributed by atoms with E-state index in [1.807, 2.05) is 39.1 Å². The Bertz CT molecular complexity index is 598. The highest BCUT2D eigenvalue weighted by atomic mass is 32.1. The Morgan fingerprint density at radius 3 is 2.81 bits per heavy atom. The number of hydrogen-bond donors (Lipinski definition) is 1. The molecule has 21 heavy (non-hydrogen) atoms. The fraction of sp³-hybridized carbons (Fsp3) is 0.400. The molecule has 0 saturated heterocycles. The molecule has 1 heterocycles. The summed E-state index contributed by atoms with van der Waals surface area (Å²) < 4.78 is 15.2. The molecule has 0 aliphatic carbocycles. The lowest BCUT2D eigenvalue weighted by molar-refractivity contribution is 0.245. The summed E-state index contributed by atoms with van der Waals surface area (Å²) in [5.74, 6) is 1.96. The summed E-state index contributed by atoms with van der Waals surface area (Å²) in [7, 11) is 3.67. The second-order valence-corrected chi connectivity index (χ2v) is 5.83. The van der Waals surface area contributed by atoms with Gasteiger partial charge in [-0.05, 0) is 43.1 Å². The summed E-state index contributed by atoms with van der Waals surface area (Å²) in [5, 5.41) is 0.934. The molecule has 114 valence electrons. The van der Waals surface area contributed by atoms with Gasteiger partial charge in [0, 0.05) is 13.6 Å². The van der Waals surface area contributed by atoms with E-state index < -0.39 is 0 Å². The van der Waals surface area contributed by atoms with Crippen molar-refractivity contribution in [2.45, 2.75) is 26.5 Å². The number of nitrogen functional groups attached to an aromatic ring is 1. The summed E-state index contributed by atoms with van der Waals surface area (Å²) in [6.45, 7) is 4.68. The van der Waals surface area contributed by atoms with Gasteiger partial charge in [0.25, 0.3) is 0 Å². The van der Waals surface area contributed by atoms with Gasteiger partial charge in [0.2, 0.25) is 0 Å². The predicted molar refractivity (Wildman–Crippen MR) is 87.4 cm³/mol. The Kier molecular flexibility index (Phi) is 4.90. The highest BCUT2D eigenvalue weighted by molar-refractivity contribution is 7.11. The number of methoxy groups -OCH3 is 1. The molecule has 0 atom stereocenters. The lowest BCUT2D eigenvalue weighted by Gasteiger charge is -2.20. The number of anilines is 2. The van der Waals surface area contributed by atoms with E-state index in [4.69, 9.17) is 15.2 Å². The van der Waals surface area contributed by atoms with Gasteiger partial charge in [-0.2, -0.15) is 4.37 Å². The first-order valence-corrected chi connectivity index (χ1v) is 7.54. The first-order valence-electron chi connectivity index (χ1n) is 6.77. The molecule has 0 unspecified atom stereocenters. The number of benzene rings is 1. The highest BCUT2D eigenvalue weighted by Gasteiger charge is 2.18. The van der Waals surface area contributed by atoms with Crippen LogP contribution in [-0.2, 0) is 6.54 Å². The van der Waals surface area contributed by atoms with Crippen LogP contribution in [0.3, 0.4) is 0 Å². The van der Waals surface area contributed by atoms with Gasteiger partial charge < -0.3 is 20.1 Å². The quantitative estimate of drug-likeness (QED) is 0.888. The van der Waals surface area contributed by atoms with E-state index >= 15 is 0 Å². The van der Waals surface area contributed by atoms with Crippen LogP contribution in [0.4, 0.5) is 10.8 Å². The minimum atomic E-state index is 0.0627. The van der Waals surface area contributed by atoms with Crippen LogP contribution in [-0.4, -0.2) is 24.6 Å². The van der Waals surface area contributed by atoms with Gasteiger partial charge in [0.05, 0.1) is 13.2 Å². The zero-order valence-corrected chi connectivity index (χ0v) is 13.6. The first-order chi connectivity index (χ1) is 10.0. The van der Waals surface area contributed by atoms with E-state index in [1.54, 1.807) is 7.11 Å². The van der Waals surface area contributed by atoms with Crippen LogP contribution in [0.2, 0.25) is 0 Å². The molecule has 1 aromatic carbocycles. The summed E-state index contributed by atoms with van der Waals surface area (Å²) in [5.41, 5.74) is 7.05. The van der Waals surface area contributed by atoms with Crippen molar-refractivity contribution in [2.24, 2.45) is 0 Å². The molecule has 2 N–H and O–H groups in total. The monoisotopic (exact) mass is 307 g/mol. The van der Waals surface area contributed by atoms with Gasteiger partial charge in [-0.3, -0.25) is 0 Å². The number of aromatic nitrogens is 1. The second kappa shape index (κ2) is 6.67. The second-order valence-electron chi connectivity index (χ2n) is 5.08. The Hall–Kier alpha value is -1.95. The maximum Gasteiger partial charge on any atom is 0.198 e. The van der Waals surface area contributed by atoms with Crippen molar-refractivity contribution in [3.8, 4) is 11.5 Å². The molecule has 0 fully saturated rings. The van der Waals surface area contributed by atoms with E-state index in [0.29, 0.717) is 11.6 Å². The largest absolute Gasteiger partial charge is 0.497 e. The molecule has 0 spiro atoms. The summed E-state index contributed by atoms with van der Waals surface area (Å²) in [6.07, 6.45) is 0.0627. The third-order valence-electron chi connectivity index (χ3n) is 2.91. The Labute approximate surface area is 129 Å². The molecule has 0 amide bonds. The molecular formula is C15H21N3O2S. The molecule has 0 aliphatic heterocycles. The average Bonchev–Trinajstić information content (AvgIpc) is 2.80. The van der Waals surface area contributed by atoms with Crippen molar-refractivity contribution in [1.82, 2.24) is 4.37 Å². The smallest absolute Gasteiger partial charge is 0.198 e. The predicted octanol–water partition coefficient (Wildman–Crippen LogP) is 3.16. The zero-order valence-electron chi connectivity index (χ0n) is 12.8. The number of ether oxygens (including phenoxy) is 2. The Morgan fingerprint density at radius 2 is 2.14 bits per heavy atom. The van der Waals surface area contributed by atoms with Crippen LogP contribution in [0.5, 0.6) is 11.5 Å². The zero-order chi connectivity index (χ0) is 15.4. The molecule has 2 rings (SSSR count). The molecule has 5 nitrogen and oxygen atoms in total. The number of hydrogen-bond acceptors (Lipinski definition) is 6. The molecule has 6 heteroatoms. The topological polar surface area (TPSA) is 60.6 Å². The minimum absolute atomic E-state index is 0.0627. The fourth-order valence-corrected chi connectivity index (χ4v) is 2.70. The first kappa shape index (κ1) is 15.4. The van der Waals surface area contributed by atoms with Crippen molar-refractivity contribution < 1.29 is 9.47 Å². The lowest BCUT2D eigenvalue weighted by Crippen LogP contribution is -2.17. The molecule has 0 radical (unpaired) electrons. The Balaban J connectivity index is 2.18. The van der Waals surface area contributed by atoms with Crippen LogP contribution in [0, 0.1) is 0 Å². The van der Waals surface area contributed by atoms with Gasteiger partial charge in [-0.1, -0.05) is 12.1 Å². The Morgan fingerprint density at radius 1 is 1.38 bits per heavy atom. The normalized spacial score (nSPS) is 10.7. The fourth-order valence-electron chi connectivity index (χ4n) is 1.99. The maximum atomic E-state index is 5.89. The van der Waals surface area contributed by atoms with Gasteiger partial charge in [0.15, 0.2) is 16.6 Å². The van der Waals surface area contributed by atoms with Crippen molar-refractivity contribution in [2.75, 3.05) is 24.8 Å². The molecule has 2 aromatic rings. The van der Waals surface area contributed by atoms with Crippen molar-refractivity contribution in [3.05, 3.63) is 29.8 Å². The van der Waals surface area contributed by atoms with E-state index in [0.717, 1.165) is 22.9 Å². The third-order valence-corrected chi connectivity index (χ3v) is 3.87. The molecular weight excluding hydrogens is 286 g/mol. The summed E-state index contributed by atoms with van der Waals surface area (Å²) in [4.78, 5) is 2.08. The summed E-state index contributed by atoms with van der Waals surface area (Å²) >= 11 is 1.35. The van der Waals surface area contributed by atoms with E-state index in [9.17, 15) is 0 Å². The summed E-state index contributed by atoms with van der Waals surface area (Å²) in [6, 6.07) is 7.99. The number of nitrogens with two attached hydrogens (primary N) is 1. The van der Waals surface area contributed by atoms with E-state index in [1.165, 1.54) is 11.5 Å². The lowest BCUT2D eigenvalue weighted by atomic mass is 10.2. The highest BCUT2D eigenvalue weighted by Crippen LogP contribution is 2.38. The minimum Gasteiger partial charge on any atom is -0.497 e. The van der Waals surface area contributed by atoms with Gasteiger partial charge >= 0.3 is 0 Å². The van der Waals surface area contributed by atoms with Crippen LogP contribution in [0.15, 0.2) is 24.3 Å². The van der Waals surface area contributed by atoms with Crippen molar-refractivity contribution >= 4 is 22.4 Å². The maximum absolute atomic E-state index is 5.89. The van der Waals surface area contributed by atoms with Crippen LogP contribution in [0.25, 0.3) is 0 Å². The third kappa shape index (κ3) is 3.78. The van der Waals surface area contributed by atoms with Crippen LogP contribution in [0.1, 0.15) is 19.4 Å². The molecule has 0 aliphatic rings. The van der Waals surface area contributed by atoms with Crippen LogP contribution < -0.4 is 20.1 Å². The standard InChI is InChI=1S/C15H21N3O2S/c1-10(2)20-13-14(16)17-21-15(13)18(3)9-11-6-5-7-12(8-11)19-4/h5-8,10H,9H2,1-4H3,(H2,16,17).